The molecule has 0 unspecified atom stereocenters. The van der Waals surface area contributed by atoms with Gasteiger partial charge in [0.25, 0.3) is 0 Å². The Balaban J connectivity index is 1.80. The summed E-state index contributed by atoms with van der Waals surface area (Å²) in [7, 11) is 0. The Morgan fingerprint density at radius 3 is 2.86 bits per heavy atom. The molecule has 0 radical (unpaired) electrons. The zero-order valence-corrected chi connectivity index (χ0v) is 12.9. The van der Waals surface area contributed by atoms with Crippen molar-refractivity contribution in [3.05, 3.63) is 29.3 Å². The summed E-state index contributed by atoms with van der Waals surface area (Å²) in [5.74, 6) is 1.10. The molecule has 1 aliphatic carbocycles. The van der Waals surface area contributed by atoms with Crippen LogP contribution < -0.4 is 4.74 Å². The summed E-state index contributed by atoms with van der Waals surface area (Å²) in [5.41, 5.74) is 1.74. The number of ether oxygens (including phenoxy) is 1. The number of carbonyl (C=O) groups is 1. The van der Waals surface area contributed by atoms with Crippen LogP contribution in [0.5, 0.6) is 5.75 Å². The molecule has 0 fully saturated rings. The van der Waals surface area contributed by atoms with Crippen molar-refractivity contribution in [2.75, 3.05) is 6.61 Å². The van der Waals surface area contributed by atoms with Crippen LogP contribution in [0.4, 0.5) is 0 Å². The summed E-state index contributed by atoms with van der Waals surface area (Å²) >= 11 is 0. The van der Waals surface area contributed by atoms with E-state index in [0.29, 0.717) is 13.0 Å². The van der Waals surface area contributed by atoms with E-state index in [1.807, 2.05) is 32.0 Å². The molecule has 0 heterocycles. The highest BCUT2D eigenvalue weighted by molar-refractivity contribution is 5.98. The van der Waals surface area contributed by atoms with E-state index in [2.05, 4.69) is 6.07 Å². The molecule has 0 aromatic heterocycles. The molecule has 1 aromatic carbocycles. The number of nitrogens with zero attached hydrogens (tertiary/aromatic N) is 1. The maximum absolute atomic E-state index is 11.8. The molecular weight excluding hydrogens is 262 g/mol. The Hall–Kier alpha value is -1.82. The van der Waals surface area contributed by atoms with Gasteiger partial charge in [-0.1, -0.05) is 0 Å². The van der Waals surface area contributed by atoms with E-state index in [-0.39, 0.29) is 11.2 Å². The first kappa shape index (κ1) is 15.6. The summed E-state index contributed by atoms with van der Waals surface area (Å²) in [4.78, 5) is 11.8. The molecule has 2 rings (SSSR count). The number of Topliss-reactive ketones (excluding diaryl/α,β-unsaturated/α-hetero) is 1. The van der Waals surface area contributed by atoms with Crippen molar-refractivity contribution in [1.82, 2.24) is 0 Å². The van der Waals surface area contributed by atoms with Gasteiger partial charge >= 0.3 is 0 Å². The number of nitriles is 1. The van der Waals surface area contributed by atoms with E-state index in [4.69, 9.17) is 10.00 Å². The Morgan fingerprint density at radius 2 is 2.10 bits per heavy atom. The van der Waals surface area contributed by atoms with E-state index in [1.54, 1.807) is 0 Å². The molecule has 1 aliphatic rings. The minimum atomic E-state index is -0.244. The van der Waals surface area contributed by atoms with Crippen molar-refractivity contribution < 1.29 is 9.53 Å². The third kappa shape index (κ3) is 4.32. The zero-order chi connectivity index (χ0) is 15.3. The van der Waals surface area contributed by atoms with E-state index in [9.17, 15) is 4.79 Å². The molecule has 0 aliphatic heterocycles. The van der Waals surface area contributed by atoms with Crippen LogP contribution in [0.15, 0.2) is 18.2 Å². The van der Waals surface area contributed by atoms with Gasteiger partial charge in [0.15, 0.2) is 5.78 Å². The largest absolute Gasteiger partial charge is 0.494 e. The molecule has 21 heavy (non-hydrogen) atoms. The van der Waals surface area contributed by atoms with Crippen molar-refractivity contribution in [3.63, 3.8) is 0 Å². The number of unbranched alkanes of at least 4 members (excludes halogenated alkanes) is 1. The Morgan fingerprint density at radius 1 is 1.29 bits per heavy atom. The third-order valence-corrected chi connectivity index (χ3v) is 3.99. The van der Waals surface area contributed by atoms with Crippen LogP contribution >= 0.6 is 0 Å². The van der Waals surface area contributed by atoms with Gasteiger partial charge in [-0.3, -0.25) is 4.79 Å². The van der Waals surface area contributed by atoms with Crippen LogP contribution in [0.1, 0.15) is 61.9 Å². The van der Waals surface area contributed by atoms with Crippen LogP contribution in [0.3, 0.4) is 0 Å². The zero-order valence-electron chi connectivity index (χ0n) is 12.9. The lowest BCUT2D eigenvalue weighted by Crippen LogP contribution is -2.11. The number of hydrogen-bond donors (Lipinski definition) is 0. The fourth-order valence-electron chi connectivity index (χ4n) is 2.63. The molecule has 0 N–H and O–H groups in total. The topological polar surface area (TPSA) is 50.1 Å². The number of ketones is 1. The molecular formula is C18H23NO2. The number of hydrogen-bond acceptors (Lipinski definition) is 3. The van der Waals surface area contributed by atoms with Gasteiger partial charge in [0.05, 0.1) is 18.1 Å². The van der Waals surface area contributed by atoms with Gasteiger partial charge < -0.3 is 4.74 Å². The molecule has 0 saturated heterocycles. The van der Waals surface area contributed by atoms with Gasteiger partial charge in [0, 0.05) is 12.0 Å². The lowest BCUT2D eigenvalue weighted by atomic mass is 9.89. The van der Waals surface area contributed by atoms with Crippen LogP contribution in [-0.4, -0.2) is 12.4 Å². The fraction of sp³-hybridized carbons (Fsp3) is 0.556. The van der Waals surface area contributed by atoms with Gasteiger partial charge in [-0.25, -0.2) is 0 Å². The second-order valence-corrected chi connectivity index (χ2v) is 6.40. The monoisotopic (exact) mass is 285 g/mol. The van der Waals surface area contributed by atoms with E-state index < -0.39 is 0 Å². The highest BCUT2D eigenvalue weighted by atomic mass is 16.5. The third-order valence-electron chi connectivity index (χ3n) is 3.99. The van der Waals surface area contributed by atoms with Crippen molar-refractivity contribution in [3.8, 4) is 11.8 Å². The average Bonchev–Trinajstić information content (AvgIpc) is 2.47. The van der Waals surface area contributed by atoms with Crippen molar-refractivity contribution in [2.24, 2.45) is 5.41 Å². The first-order valence-corrected chi connectivity index (χ1v) is 7.72. The average molecular weight is 285 g/mol. The smallest absolute Gasteiger partial charge is 0.163 e. The molecule has 0 bridgehead atoms. The lowest BCUT2D eigenvalue weighted by Gasteiger charge is -2.16. The minimum absolute atomic E-state index is 0.244. The second kappa shape index (κ2) is 6.76. The fourth-order valence-corrected chi connectivity index (χ4v) is 2.63. The van der Waals surface area contributed by atoms with E-state index in [1.165, 1.54) is 0 Å². The quantitative estimate of drug-likeness (QED) is 0.732. The van der Waals surface area contributed by atoms with Gasteiger partial charge in [0.2, 0.25) is 0 Å². The molecule has 0 spiro atoms. The van der Waals surface area contributed by atoms with Gasteiger partial charge in [-0.15, -0.1) is 0 Å². The van der Waals surface area contributed by atoms with Gasteiger partial charge in [0.1, 0.15) is 5.75 Å². The van der Waals surface area contributed by atoms with Crippen molar-refractivity contribution in [2.45, 2.75) is 52.4 Å². The maximum Gasteiger partial charge on any atom is 0.163 e. The van der Waals surface area contributed by atoms with Crippen LogP contribution in [0.2, 0.25) is 0 Å². The lowest BCUT2D eigenvalue weighted by molar-refractivity contribution is 0.0972. The number of carbonyl (C=O) groups excluding carboxylic acids is 1. The summed E-state index contributed by atoms with van der Waals surface area (Å²) in [6.45, 7) is 4.59. The molecule has 0 saturated carbocycles. The summed E-state index contributed by atoms with van der Waals surface area (Å²) in [5, 5.41) is 8.95. The Labute approximate surface area is 126 Å². The highest BCUT2D eigenvalue weighted by Crippen LogP contribution is 2.26. The van der Waals surface area contributed by atoms with Crippen LogP contribution in [-0.2, 0) is 6.42 Å². The summed E-state index contributed by atoms with van der Waals surface area (Å²) in [6.07, 6.45) is 5.41. The summed E-state index contributed by atoms with van der Waals surface area (Å²) < 4.78 is 5.76. The molecule has 0 amide bonds. The first-order chi connectivity index (χ1) is 10.0. The molecule has 1 aromatic rings. The molecule has 3 nitrogen and oxygen atoms in total. The molecule has 3 heteroatoms. The first-order valence-electron chi connectivity index (χ1n) is 7.72. The van der Waals surface area contributed by atoms with E-state index >= 15 is 0 Å². The second-order valence-electron chi connectivity index (χ2n) is 6.40. The van der Waals surface area contributed by atoms with Gasteiger partial charge in [-0.2, -0.15) is 5.26 Å². The predicted molar refractivity (Wildman–Crippen MR) is 82.5 cm³/mol. The highest BCUT2D eigenvalue weighted by Gasteiger charge is 2.17. The Bertz CT molecular complexity index is 555. The normalized spacial score (nSPS) is 14.4. The van der Waals surface area contributed by atoms with Crippen molar-refractivity contribution in [1.29, 1.82) is 5.26 Å². The molecule has 0 atom stereocenters. The number of rotatable bonds is 6. The van der Waals surface area contributed by atoms with Crippen LogP contribution in [0, 0.1) is 16.7 Å². The number of fused-ring (bicyclic) bond motifs is 1. The molecule has 112 valence electrons. The number of benzene rings is 1. The van der Waals surface area contributed by atoms with Gasteiger partial charge in [-0.05, 0) is 69.7 Å². The maximum atomic E-state index is 11.8. The predicted octanol–water partition coefficient (Wildman–Crippen LogP) is 4.30. The number of aryl methyl sites for hydroxylation is 1. The Kier molecular flexibility index (Phi) is 5.01. The van der Waals surface area contributed by atoms with Crippen molar-refractivity contribution >= 4 is 5.78 Å². The minimum Gasteiger partial charge on any atom is -0.494 e. The standard InChI is InChI=1S/C18H23NO2/c1-18(2,13-19)10-3-4-11-21-15-8-9-16-14(12-15)6-5-7-17(16)20/h8-9,12H,3-7,10-11H2,1-2H3. The SMILES string of the molecule is CC(C)(C#N)CCCCOc1ccc2c(c1)CCCC2=O. The van der Waals surface area contributed by atoms with E-state index in [0.717, 1.165) is 49.0 Å². The van der Waals surface area contributed by atoms with Crippen LogP contribution in [0.25, 0.3) is 0 Å². The summed E-state index contributed by atoms with van der Waals surface area (Å²) in [6, 6.07) is 8.10.